The van der Waals surface area contributed by atoms with Crippen LogP contribution < -0.4 is 0 Å². The molecule has 0 atom stereocenters. The van der Waals surface area contributed by atoms with E-state index < -0.39 is 0 Å². The van der Waals surface area contributed by atoms with Gasteiger partial charge in [0, 0.05) is 38.0 Å². The number of nitrogens with zero attached hydrogens (tertiary/aromatic N) is 2. The van der Waals surface area contributed by atoms with E-state index in [1.165, 1.54) is 93.1 Å². The number of hydrogen-bond donors (Lipinski definition) is 0. The smallest absolute Gasteiger partial charge is 0.0619 e. The molecule has 0 saturated carbocycles. The quantitative estimate of drug-likeness (QED) is 0.166. The molecule has 2 nitrogen and oxygen atoms in total. The highest BCUT2D eigenvalue weighted by Gasteiger charge is 2.22. The van der Waals surface area contributed by atoms with Gasteiger partial charge in [0.15, 0.2) is 0 Å². The summed E-state index contributed by atoms with van der Waals surface area (Å²) in [7, 11) is 0. The molecule has 0 N–H and O–H groups in total. The Labute approximate surface area is 301 Å². The molecular formula is C50H32N2. The molecule has 2 heterocycles. The molecule has 0 fully saturated rings. The van der Waals surface area contributed by atoms with Crippen molar-refractivity contribution in [1.82, 2.24) is 9.13 Å². The number of hydrogen-bond acceptors (Lipinski definition) is 0. The van der Waals surface area contributed by atoms with Crippen molar-refractivity contribution in [2.24, 2.45) is 0 Å². The maximum Gasteiger partial charge on any atom is 0.0619 e. The van der Waals surface area contributed by atoms with Crippen LogP contribution in [0.4, 0.5) is 0 Å². The molecule has 0 aliphatic heterocycles. The van der Waals surface area contributed by atoms with Crippen molar-refractivity contribution < 1.29 is 0 Å². The van der Waals surface area contributed by atoms with Crippen LogP contribution in [-0.4, -0.2) is 9.13 Å². The summed E-state index contributed by atoms with van der Waals surface area (Å²) in [6, 6.07) is 70.9. The maximum atomic E-state index is 2.53. The Hall–Kier alpha value is -6.90. The summed E-state index contributed by atoms with van der Waals surface area (Å²) in [6.45, 7) is 0. The predicted octanol–water partition coefficient (Wildman–Crippen LogP) is 13.5. The highest BCUT2D eigenvalue weighted by Crippen LogP contribution is 2.45. The van der Waals surface area contributed by atoms with Gasteiger partial charge in [0.25, 0.3) is 0 Å². The van der Waals surface area contributed by atoms with E-state index >= 15 is 0 Å². The Bertz CT molecular complexity index is 3110. The van der Waals surface area contributed by atoms with Crippen molar-refractivity contribution in [2.75, 3.05) is 0 Å². The molecule has 2 aromatic heterocycles. The summed E-state index contributed by atoms with van der Waals surface area (Å²) in [6.07, 6.45) is 0. The van der Waals surface area contributed by atoms with Crippen molar-refractivity contribution in [1.29, 1.82) is 0 Å². The van der Waals surface area contributed by atoms with Crippen LogP contribution in [0.15, 0.2) is 194 Å². The summed E-state index contributed by atoms with van der Waals surface area (Å²) in [5.74, 6) is 0. The van der Waals surface area contributed by atoms with Gasteiger partial charge in [0.1, 0.15) is 0 Å². The number of para-hydroxylation sites is 2. The number of fused-ring (bicyclic) bond motifs is 8. The van der Waals surface area contributed by atoms with Crippen LogP contribution in [0.2, 0.25) is 0 Å². The lowest BCUT2D eigenvalue weighted by molar-refractivity contribution is 1.17. The fourth-order valence-electron chi connectivity index (χ4n) is 8.67. The Balaban J connectivity index is 1.29. The third-order valence-corrected chi connectivity index (χ3v) is 10.9. The average molecular weight is 661 g/mol. The number of rotatable bonds is 4. The summed E-state index contributed by atoms with van der Waals surface area (Å²) in [5, 5.41) is 9.99. The normalized spacial score (nSPS) is 11.8. The molecule has 0 saturated heterocycles. The topological polar surface area (TPSA) is 9.86 Å². The third kappa shape index (κ3) is 4.19. The van der Waals surface area contributed by atoms with Crippen molar-refractivity contribution in [3.63, 3.8) is 0 Å². The molecular weight excluding hydrogens is 629 g/mol. The van der Waals surface area contributed by atoms with Gasteiger partial charge >= 0.3 is 0 Å². The largest absolute Gasteiger partial charge is 0.309 e. The second-order valence-corrected chi connectivity index (χ2v) is 13.7. The number of aromatic nitrogens is 2. The van der Waals surface area contributed by atoms with Crippen molar-refractivity contribution in [2.45, 2.75) is 0 Å². The minimum Gasteiger partial charge on any atom is -0.309 e. The fraction of sp³-hybridized carbons (Fsp3) is 0. The van der Waals surface area contributed by atoms with E-state index in [-0.39, 0.29) is 0 Å². The minimum atomic E-state index is 1.15. The van der Waals surface area contributed by atoms with E-state index in [4.69, 9.17) is 0 Å². The van der Waals surface area contributed by atoms with Gasteiger partial charge in [0.2, 0.25) is 0 Å². The zero-order valence-corrected chi connectivity index (χ0v) is 28.4. The van der Waals surface area contributed by atoms with Crippen molar-refractivity contribution in [3.8, 4) is 33.6 Å². The standard InChI is InChI=1S/C50H32N2/c1-3-16-33(17-4-1)35-20-15-21-36(30-35)51-45-28-13-11-22-37(45)43-31-44-38-23-12-14-29-46(38)52(48(44)32-47(43)51)50-41-26-9-7-24-39(41)49(34-18-5-2-6-19-34)40-25-8-10-27-42(40)50/h1-32H. The molecule has 52 heavy (non-hydrogen) atoms. The summed E-state index contributed by atoms with van der Waals surface area (Å²) in [4.78, 5) is 0. The van der Waals surface area contributed by atoms with Gasteiger partial charge in [-0.2, -0.15) is 0 Å². The molecule has 9 aromatic carbocycles. The first kappa shape index (κ1) is 28.9. The summed E-state index contributed by atoms with van der Waals surface area (Å²) < 4.78 is 4.99. The van der Waals surface area contributed by atoms with Crippen LogP contribution >= 0.6 is 0 Å². The molecule has 11 rings (SSSR count). The number of benzene rings is 9. The van der Waals surface area contributed by atoms with Crippen LogP contribution in [0.5, 0.6) is 0 Å². The van der Waals surface area contributed by atoms with Gasteiger partial charge in [-0.1, -0.05) is 158 Å². The van der Waals surface area contributed by atoms with Crippen LogP contribution in [0.1, 0.15) is 0 Å². The molecule has 0 unspecified atom stereocenters. The van der Waals surface area contributed by atoms with Crippen LogP contribution in [0.25, 0.3) is 98.8 Å². The highest BCUT2D eigenvalue weighted by atomic mass is 15.0. The predicted molar refractivity (Wildman–Crippen MR) is 221 cm³/mol. The Kier molecular flexibility index (Phi) is 6.28. The molecule has 242 valence electrons. The van der Waals surface area contributed by atoms with Gasteiger partial charge in [-0.15, -0.1) is 0 Å². The SMILES string of the molecule is c1ccc(-c2cccc(-n3c4ccccc4c4cc5c6ccccc6n(-c6c7ccccc7c(-c7ccccc7)c7ccccc67)c5cc43)c2)cc1. The van der Waals surface area contributed by atoms with Gasteiger partial charge < -0.3 is 9.13 Å². The Morgan fingerprint density at radius 3 is 1.33 bits per heavy atom. The molecule has 0 aliphatic carbocycles. The molecule has 11 aromatic rings. The molecule has 2 heteroatoms. The zero-order chi connectivity index (χ0) is 34.2. The van der Waals surface area contributed by atoms with Crippen LogP contribution in [-0.2, 0) is 0 Å². The van der Waals surface area contributed by atoms with E-state index in [1.54, 1.807) is 0 Å². The second kappa shape index (κ2) is 11.3. The zero-order valence-electron chi connectivity index (χ0n) is 28.4. The van der Waals surface area contributed by atoms with Crippen molar-refractivity contribution in [3.05, 3.63) is 194 Å². The van der Waals surface area contributed by atoms with E-state index in [2.05, 4.69) is 203 Å². The Morgan fingerprint density at radius 1 is 0.250 bits per heavy atom. The minimum absolute atomic E-state index is 1.15. The molecule has 0 amide bonds. The van der Waals surface area contributed by atoms with E-state index in [0.717, 1.165) is 5.69 Å². The molecule has 0 bridgehead atoms. The van der Waals surface area contributed by atoms with Gasteiger partial charge in [-0.3, -0.25) is 0 Å². The lowest BCUT2D eigenvalue weighted by Crippen LogP contribution is -1.99. The Morgan fingerprint density at radius 2 is 0.712 bits per heavy atom. The molecule has 0 aliphatic rings. The van der Waals surface area contributed by atoms with Gasteiger partial charge in [-0.05, 0) is 69.4 Å². The van der Waals surface area contributed by atoms with Crippen molar-refractivity contribution >= 4 is 65.2 Å². The first-order chi connectivity index (χ1) is 25.8. The third-order valence-electron chi connectivity index (χ3n) is 10.9. The second-order valence-electron chi connectivity index (χ2n) is 13.7. The fourth-order valence-corrected chi connectivity index (χ4v) is 8.67. The average Bonchev–Trinajstić information content (AvgIpc) is 3.71. The lowest BCUT2D eigenvalue weighted by Gasteiger charge is -2.19. The van der Waals surface area contributed by atoms with Gasteiger partial charge in [-0.25, -0.2) is 0 Å². The van der Waals surface area contributed by atoms with E-state index in [9.17, 15) is 0 Å². The molecule has 0 spiro atoms. The lowest BCUT2D eigenvalue weighted by atomic mass is 9.90. The van der Waals surface area contributed by atoms with E-state index in [0.29, 0.717) is 0 Å². The van der Waals surface area contributed by atoms with Crippen LogP contribution in [0.3, 0.4) is 0 Å². The highest BCUT2D eigenvalue weighted by molar-refractivity contribution is 6.23. The van der Waals surface area contributed by atoms with E-state index in [1.807, 2.05) is 0 Å². The van der Waals surface area contributed by atoms with Gasteiger partial charge in [0.05, 0.1) is 27.8 Å². The maximum absolute atomic E-state index is 2.53. The summed E-state index contributed by atoms with van der Waals surface area (Å²) >= 11 is 0. The first-order valence-corrected chi connectivity index (χ1v) is 17.9. The summed E-state index contributed by atoms with van der Waals surface area (Å²) in [5.41, 5.74) is 12.1. The monoisotopic (exact) mass is 660 g/mol. The van der Waals surface area contributed by atoms with Crippen LogP contribution in [0, 0.1) is 0 Å². The molecule has 0 radical (unpaired) electrons. The first-order valence-electron chi connectivity index (χ1n) is 17.9.